The first-order chi connectivity index (χ1) is 9.51. The second-order valence-corrected chi connectivity index (χ2v) is 4.37. The van der Waals surface area contributed by atoms with Crippen molar-refractivity contribution in [1.82, 2.24) is 0 Å². The van der Waals surface area contributed by atoms with E-state index in [4.69, 9.17) is 16.9 Å². The number of benzene rings is 2. The molecule has 0 saturated heterocycles. The van der Waals surface area contributed by atoms with Gasteiger partial charge in [-0.1, -0.05) is 11.6 Å². The largest absolute Gasteiger partial charge is 0.508 e. The van der Waals surface area contributed by atoms with Crippen LogP contribution in [0.25, 0.3) is 0 Å². The fraction of sp³-hybridized carbons (Fsp3) is 0. The molecule has 0 aliphatic heterocycles. The molecule has 6 heteroatoms. The molecule has 0 saturated carbocycles. The number of nitrogens with one attached hydrogen (secondary N) is 1. The Bertz CT molecular complexity index is 723. The van der Waals surface area contributed by atoms with Crippen LogP contribution in [0.3, 0.4) is 0 Å². The molecule has 0 unspecified atom stereocenters. The molecule has 5 nitrogen and oxygen atoms in total. The summed E-state index contributed by atoms with van der Waals surface area (Å²) in [5.74, 6) is -1.02. The predicted molar refractivity (Wildman–Crippen MR) is 73.9 cm³/mol. The zero-order valence-electron chi connectivity index (χ0n) is 10.1. The van der Waals surface area contributed by atoms with Crippen molar-refractivity contribution in [2.24, 2.45) is 0 Å². The molecule has 1 amide bonds. The normalized spacial score (nSPS) is 9.80. The number of aromatic hydroxyl groups is 2. The molecule has 2 aromatic carbocycles. The van der Waals surface area contributed by atoms with Crippen LogP contribution in [0.1, 0.15) is 15.9 Å². The Morgan fingerprint density at radius 1 is 1.20 bits per heavy atom. The third-order valence-electron chi connectivity index (χ3n) is 2.57. The monoisotopic (exact) mass is 288 g/mol. The topological polar surface area (TPSA) is 93.4 Å². The second kappa shape index (κ2) is 5.51. The maximum Gasteiger partial charge on any atom is 0.259 e. The first-order valence-electron chi connectivity index (χ1n) is 5.54. The molecule has 0 radical (unpaired) electrons. The molecule has 0 aliphatic rings. The fourth-order valence-electron chi connectivity index (χ4n) is 1.58. The van der Waals surface area contributed by atoms with Gasteiger partial charge in [0, 0.05) is 0 Å². The van der Waals surface area contributed by atoms with Crippen molar-refractivity contribution in [2.75, 3.05) is 5.32 Å². The van der Waals surface area contributed by atoms with Gasteiger partial charge in [-0.15, -0.1) is 0 Å². The van der Waals surface area contributed by atoms with Crippen LogP contribution in [0.15, 0.2) is 36.4 Å². The van der Waals surface area contributed by atoms with E-state index in [0.29, 0.717) is 11.3 Å². The van der Waals surface area contributed by atoms with Crippen molar-refractivity contribution in [3.63, 3.8) is 0 Å². The average Bonchev–Trinajstić information content (AvgIpc) is 2.43. The third kappa shape index (κ3) is 2.82. The lowest BCUT2D eigenvalue weighted by Crippen LogP contribution is -2.12. The molecule has 0 bridgehead atoms. The molecular formula is C14H9ClN2O3. The van der Waals surface area contributed by atoms with E-state index in [2.05, 4.69) is 5.32 Å². The van der Waals surface area contributed by atoms with E-state index in [9.17, 15) is 15.0 Å². The smallest absolute Gasteiger partial charge is 0.259 e. The van der Waals surface area contributed by atoms with Crippen LogP contribution in [0.5, 0.6) is 11.5 Å². The number of anilines is 1. The van der Waals surface area contributed by atoms with Crippen molar-refractivity contribution in [2.45, 2.75) is 0 Å². The summed E-state index contributed by atoms with van der Waals surface area (Å²) in [6.07, 6.45) is 0. The molecule has 0 fully saturated rings. The summed E-state index contributed by atoms with van der Waals surface area (Å²) in [6.45, 7) is 0. The molecule has 0 heterocycles. The summed E-state index contributed by atoms with van der Waals surface area (Å²) >= 11 is 5.93. The van der Waals surface area contributed by atoms with Crippen LogP contribution in [0.2, 0.25) is 5.02 Å². The Hall–Kier alpha value is -2.71. The van der Waals surface area contributed by atoms with Gasteiger partial charge in [0.2, 0.25) is 0 Å². The van der Waals surface area contributed by atoms with Gasteiger partial charge in [0.05, 0.1) is 27.9 Å². The number of carbonyl (C=O) groups is 1. The standard InChI is InChI=1S/C14H9ClN2O3/c15-11-5-8(7-16)1-3-12(11)17-14(20)10-6-9(18)2-4-13(10)19/h1-6,18-19H,(H,17,20). The number of phenolic OH excluding ortho intramolecular Hbond substituents is 2. The lowest BCUT2D eigenvalue weighted by Gasteiger charge is -2.09. The van der Waals surface area contributed by atoms with Crippen molar-refractivity contribution >= 4 is 23.2 Å². The number of amides is 1. The van der Waals surface area contributed by atoms with Crippen molar-refractivity contribution in [3.05, 3.63) is 52.5 Å². The summed E-state index contributed by atoms with van der Waals surface area (Å²) in [4.78, 5) is 12.0. The van der Waals surface area contributed by atoms with Gasteiger partial charge in [0.15, 0.2) is 0 Å². The number of rotatable bonds is 2. The van der Waals surface area contributed by atoms with Crippen LogP contribution in [-0.4, -0.2) is 16.1 Å². The molecular weight excluding hydrogens is 280 g/mol. The number of hydrogen-bond acceptors (Lipinski definition) is 4. The number of nitrogens with zero attached hydrogens (tertiary/aromatic N) is 1. The highest BCUT2D eigenvalue weighted by Gasteiger charge is 2.13. The van der Waals surface area contributed by atoms with E-state index in [1.54, 1.807) is 0 Å². The summed E-state index contributed by atoms with van der Waals surface area (Å²) in [5, 5.41) is 30.3. The van der Waals surface area contributed by atoms with Crippen molar-refractivity contribution in [1.29, 1.82) is 5.26 Å². The van der Waals surface area contributed by atoms with E-state index < -0.39 is 5.91 Å². The van der Waals surface area contributed by atoms with Crippen molar-refractivity contribution < 1.29 is 15.0 Å². The number of carbonyl (C=O) groups excluding carboxylic acids is 1. The molecule has 0 aliphatic carbocycles. The highest BCUT2D eigenvalue weighted by atomic mass is 35.5. The molecule has 0 atom stereocenters. The van der Waals surface area contributed by atoms with Crippen LogP contribution in [0, 0.1) is 11.3 Å². The number of hydrogen-bond donors (Lipinski definition) is 3. The molecule has 0 aromatic heterocycles. The van der Waals surface area contributed by atoms with Crippen LogP contribution < -0.4 is 5.32 Å². The lowest BCUT2D eigenvalue weighted by atomic mass is 10.1. The summed E-state index contributed by atoms with van der Waals surface area (Å²) in [7, 11) is 0. The Balaban J connectivity index is 2.28. The highest BCUT2D eigenvalue weighted by Crippen LogP contribution is 2.26. The average molecular weight is 289 g/mol. The van der Waals surface area contributed by atoms with Crippen molar-refractivity contribution in [3.8, 4) is 17.6 Å². The van der Waals surface area contributed by atoms with Crippen LogP contribution >= 0.6 is 11.6 Å². The second-order valence-electron chi connectivity index (χ2n) is 3.96. The molecule has 0 spiro atoms. The minimum absolute atomic E-state index is 0.0783. The molecule has 2 aromatic rings. The first kappa shape index (κ1) is 13.7. The van der Waals surface area contributed by atoms with E-state index in [-0.39, 0.29) is 22.1 Å². The van der Waals surface area contributed by atoms with Gasteiger partial charge in [-0.05, 0) is 36.4 Å². The lowest BCUT2D eigenvalue weighted by molar-refractivity contribution is 0.102. The Kier molecular flexibility index (Phi) is 3.78. The van der Waals surface area contributed by atoms with Gasteiger partial charge in [0.1, 0.15) is 11.5 Å². The fourth-order valence-corrected chi connectivity index (χ4v) is 1.81. The minimum Gasteiger partial charge on any atom is -0.508 e. The summed E-state index contributed by atoms with van der Waals surface area (Å²) in [5.41, 5.74) is 0.594. The van der Waals surface area contributed by atoms with E-state index in [1.165, 1.54) is 30.3 Å². The molecule has 100 valence electrons. The van der Waals surface area contributed by atoms with Crippen LogP contribution in [-0.2, 0) is 0 Å². The maximum absolute atomic E-state index is 12.0. The Labute approximate surface area is 119 Å². The molecule has 2 rings (SSSR count). The van der Waals surface area contributed by atoms with Gasteiger partial charge < -0.3 is 15.5 Å². The zero-order chi connectivity index (χ0) is 14.7. The number of halogens is 1. The molecule has 20 heavy (non-hydrogen) atoms. The number of phenols is 2. The molecule has 3 N–H and O–H groups in total. The SMILES string of the molecule is N#Cc1ccc(NC(=O)c2cc(O)ccc2O)c(Cl)c1. The third-order valence-corrected chi connectivity index (χ3v) is 2.88. The van der Waals surface area contributed by atoms with E-state index in [0.717, 1.165) is 6.07 Å². The van der Waals surface area contributed by atoms with E-state index in [1.807, 2.05) is 6.07 Å². The highest BCUT2D eigenvalue weighted by molar-refractivity contribution is 6.34. The Morgan fingerprint density at radius 2 is 1.95 bits per heavy atom. The first-order valence-corrected chi connectivity index (χ1v) is 5.92. The van der Waals surface area contributed by atoms with Gasteiger partial charge in [0.25, 0.3) is 5.91 Å². The van der Waals surface area contributed by atoms with E-state index >= 15 is 0 Å². The zero-order valence-corrected chi connectivity index (χ0v) is 10.8. The maximum atomic E-state index is 12.0. The summed E-state index contributed by atoms with van der Waals surface area (Å²) < 4.78 is 0. The van der Waals surface area contributed by atoms with Gasteiger partial charge in [-0.25, -0.2) is 0 Å². The van der Waals surface area contributed by atoms with Gasteiger partial charge in [-0.3, -0.25) is 4.79 Å². The van der Waals surface area contributed by atoms with Crippen LogP contribution in [0.4, 0.5) is 5.69 Å². The van der Waals surface area contributed by atoms with Gasteiger partial charge >= 0.3 is 0 Å². The quantitative estimate of drug-likeness (QED) is 0.741. The minimum atomic E-state index is -0.620. The summed E-state index contributed by atoms with van der Waals surface area (Å²) in [6, 6.07) is 9.95. The van der Waals surface area contributed by atoms with Gasteiger partial charge in [-0.2, -0.15) is 5.26 Å². The number of nitriles is 1. The Morgan fingerprint density at radius 3 is 2.60 bits per heavy atom. The predicted octanol–water partition coefficient (Wildman–Crippen LogP) is 2.88.